The summed E-state index contributed by atoms with van der Waals surface area (Å²) in [5, 5.41) is 6.83. The number of nitrogens with two attached hydrogens (primary N) is 1. The lowest BCUT2D eigenvalue weighted by molar-refractivity contribution is -0.125. The molecule has 1 atom stereocenters. The highest BCUT2D eigenvalue weighted by Crippen LogP contribution is 2.22. The fourth-order valence-corrected chi connectivity index (χ4v) is 2.37. The first-order valence-electron chi connectivity index (χ1n) is 7.37. The highest BCUT2D eigenvalue weighted by Gasteiger charge is 2.18. The summed E-state index contributed by atoms with van der Waals surface area (Å²) < 4.78 is 28.3. The Balaban J connectivity index is 2.17. The molecule has 1 aromatic carbocycles. The van der Waals surface area contributed by atoms with Crippen LogP contribution in [0.2, 0.25) is 0 Å². The van der Waals surface area contributed by atoms with Crippen molar-refractivity contribution in [3.63, 3.8) is 0 Å². The Kier molecular flexibility index (Phi) is 5.28. The molecule has 1 heterocycles. The number of amides is 2. The van der Waals surface area contributed by atoms with Gasteiger partial charge in [0.25, 0.3) is 0 Å². The zero-order valence-corrected chi connectivity index (χ0v) is 13.3. The molecule has 0 aliphatic rings. The lowest BCUT2D eigenvalue weighted by Gasteiger charge is -2.14. The van der Waals surface area contributed by atoms with Crippen LogP contribution in [0.5, 0.6) is 0 Å². The molecule has 0 spiro atoms. The molecule has 2 rings (SSSR count). The predicted molar refractivity (Wildman–Crippen MR) is 83.2 cm³/mol. The molecule has 0 unspecified atom stereocenters. The minimum atomic E-state index is -0.731. The van der Waals surface area contributed by atoms with E-state index in [0.717, 1.165) is 12.1 Å². The molecule has 8 heteroatoms. The van der Waals surface area contributed by atoms with Gasteiger partial charge in [-0.3, -0.25) is 9.59 Å². The summed E-state index contributed by atoms with van der Waals surface area (Å²) in [6.07, 6.45) is 1.48. The normalized spacial score (nSPS) is 12.0. The van der Waals surface area contributed by atoms with E-state index in [2.05, 4.69) is 10.4 Å². The number of halogens is 2. The van der Waals surface area contributed by atoms with Crippen molar-refractivity contribution < 1.29 is 18.4 Å². The fraction of sp³-hybridized carbons (Fsp3) is 0.312. The number of hydrogen-bond donors (Lipinski definition) is 2. The molecule has 3 N–H and O–H groups in total. The Bertz CT molecular complexity index is 773. The Morgan fingerprint density at radius 3 is 2.67 bits per heavy atom. The van der Waals surface area contributed by atoms with Crippen LogP contribution in [0.3, 0.4) is 0 Å². The lowest BCUT2D eigenvalue weighted by Crippen LogP contribution is -2.28. The van der Waals surface area contributed by atoms with Gasteiger partial charge in [-0.05, 0) is 26.0 Å². The van der Waals surface area contributed by atoms with Crippen LogP contribution < -0.4 is 11.1 Å². The van der Waals surface area contributed by atoms with Gasteiger partial charge in [0.15, 0.2) is 5.82 Å². The second-order valence-corrected chi connectivity index (χ2v) is 5.45. The molecule has 1 aromatic heterocycles. The topological polar surface area (TPSA) is 90.0 Å². The third-order valence-corrected chi connectivity index (χ3v) is 3.63. The van der Waals surface area contributed by atoms with Crippen molar-refractivity contribution in [2.75, 3.05) is 0 Å². The van der Waals surface area contributed by atoms with Crippen LogP contribution >= 0.6 is 0 Å². The summed E-state index contributed by atoms with van der Waals surface area (Å²) in [4.78, 5) is 22.5. The highest BCUT2D eigenvalue weighted by atomic mass is 19.1. The van der Waals surface area contributed by atoms with E-state index in [-0.39, 0.29) is 30.5 Å². The maximum atomic E-state index is 13.9. The molecule has 0 saturated heterocycles. The molecular formula is C16H18F2N4O2. The molecule has 0 saturated carbocycles. The fourth-order valence-electron chi connectivity index (χ4n) is 2.37. The second kappa shape index (κ2) is 7.20. The Labute approximate surface area is 137 Å². The van der Waals surface area contributed by atoms with E-state index in [1.54, 1.807) is 13.8 Å². The minimum absolute atomic E-state index is 0.000547. The van der Waals surface area contributed by atoms with Crippen molar-refractivity contribution >= 4 is 11.8 Å². The van der Waals surface area contributed by atoms with Crippen LogP contribution in [-0.2, 0) is 9.59 Å². The number of carbonyl (C=O) groups excluding carboxylic acids is 2. The summed E-state index contributed by atoms with van der Waals surface area (Å²) in [5.74, 6) is -2.27. The van der Waals surface area contributed by atoms with Gasteiger partial charge in [0, 0.05) is 30.2 Å². The first kappa shape index (κ1) is 17.6. The third kappa shape index (κ3) is 3.95. The lowest BCUT2D eigenvalue weighted by atomic mass is 10.1. The standard InChI is InChI=1S/C16H18F2N4O2/c1-9(21-16(24)6-5-15(19)23)12-8-20-22(10(12)2)14-4-3-11(17)7-13(14)18/h3-4,7-9H,5-6H2,1-2H3,(H2,19,23)(H,21,24)/t9-/m0/s1. The first-order valence-corrected chi connectivity index (χ1v) is 7.37. The second-order valence-electron chi connectivity index (χ2n) is 5.45. The number of nitrogens with zero attached hydrogens (tertiary/aromatic N) is 2. The number of benzene rings is 1. The zero-order valence-electron chi connectivity index (χ0n) is 13.3. The maximum Gasteiger partial charge on any atom is 0.220 e. The summed E-state index contributed by atoms with van der Waals surface area (Å²) in [7, 11) is 0. The van der Waals surface area contributed by atoms with Gasteiger partial charge in [-0.2, -0.15) is 5.10 Å². The maximum absolute atomic E-state index is 13.9. The van der Waals surface area contributed by atoms with E-state index >= 15 is 0 Å². The predicted octanol–water partition coefficient (Wildman–Crippen LogP) is 1.90. The van der Waals surface area contributed by atoms with Crippen molar-refractivity contribution in [3.05, 3.63) is 47.3 Å². The number of aromatic nitrogens is 2. The largest absolute Gasteiger partial charge is 0.370 e. The first-order chi connectivity index (χ1) is 11.3. The smallest absolute Gasteiger partial charge is 0.220 e. The summed E-state index contributed by atoms with van der Waals surface area (Å²) in [6, 6.07) is 2.84. The summed E-state index contributed by atoms with van der Waals surface area (Å²) in [6.45, 7) is 3.47. The van der Waals surface area contributed by atoms with Crippen molar-refractivity contribution in [1.29, 1.82) is 0 Å². The summed E-state index contributed by atoms with van der Waals surface area (Å²) in [5.41, 5.74) is 6.42. The molecule has 0 radical (unpaired) electrons. The molecule has 0 aliphatic carbocycles. The number of hydrogen-bond acceptors (Lipinski definition) is 3. The van der Waals surface area contributed by atoms with E-state index in [9.17, 15) is 18.4 Å². The average molecular weight is 336 g/mol. The Morgan fingerprint density at radius 1 is 1.33 bits per heavy atom. The molecule has 128 valence electrons. The molecule has 6 nitrogen and oxygen atoms in total. The van der Waals surface area contributed by atoms with E-state index in [1.165, 1.54) is 16.9 Å². The monoisotopic (exact) mass is 336 g/mol. The number of primary amides is 1. The van der Waals surface area contributed by atoms with Crippen LogP contribution in [-0.4, -0.2) is 21.6 Å². The van der Waals surface area contributed by atoms with Crippen molar-refractivity contribution in [3.8, 4) is 5.69 Å². The van der Waals surface area contributed by atoms with E-state index in [1.807, 2.05) is 0 Å². The van der Waals surface area contributed by atoms with Gasteiger partial charge in [-0.25, -0.2) is 13.5 Å². The van der Waals surface area contributed by atoms with Gasteiger partial charge in [0.2, 0.25) is 11.8 Å². The van der Waals surface area contributed by atoms with Crippen LogP contribution in [0, 0.1) is 18.6 Å². The number of nitrogens with one attached hydrogen (secondary N) is 1. The molecule has 0 bridgehead atoms. The average Bonchev–Trinajstić information content (AvgIpc) is 2.87. The SMILES string of the molecule is Cc1c([C@H](C)NC(=O)CCC(N)=O)cnn1-c1ccc(F)cc1F. The van der Waals surface area contributed by atoms with Gasteiger partial charge in [0.1, 0.15) is 11.5 Å². The quantitative estimate of drug-likeness (QED) is 0.844. The molecule has 24 heavy (non-hydrogen) atoms. The highest BCUT2D eigenvalue weighted by molar-refractivity contribution is 5.83. The van der Waals surface area contributed by atoms with Crippen LogP contribution in [0.1, 0.15) is 37.1 Å². The Morgan fingerprint density at radius 2 is 2.04 bits per heavy atom. The molecule has 2 aromatic rings. The zero-order chi connectivity index (χ0) is 17.9. The molecule has 0 fully saturated rings. The molecular weight excluding hydrogens is 318 g/mol. The van der Waals surface area contributed by atoms with Gasteiger partial charge >= 0.3 is 0 Å². The minimum Gasteiger partial charge on any atom is -0.370 e. The van der Waals surface area contributed by atoms with Crippen LogP contribution in [0.15, 0.2) is 24.4 Å². The van der Waals surface area contributed by atoms with E-state index < -0.39 is 17.5 Å². The molecule has 2 amide bonds. The van der Waals surface area contributed by atoms with Gasteiger partial charge in [0.05, 0.1) is 12.2 Å². The van der Waals surface area contributed by atoms with Gasteiger partial charge in [-0.15, -0.1) is 0 Å². The Hall–Kier alpha value is -2.77. The van der Waals surface area contributed by atoms with Gasteiger partial charge in [-0.1, -0.05) is 0 Å². The van der Waals surface area contributed by atoms with Crippen LogP contribution in [0.25, 0.3) is 5.69 Å². The van der Waals surface area contributed by atoms with Crippen molar-refractivity contribution in [2.24, 2.45) is 5.73 Å². The van der Waals surface area contributed by atoms with E-state index in [0.29, 0.717) is 11.3 Å². The third-order valence-electron chi connectivity index (χ3n) is 3.63. The number of carbonyl (C=O) groups is 2. The van der Waals surface area contributed by atoms with Gasteiger partial charge < -0.3 is 11.1 Å². The number of rotatable bonds is 6. The van der Waals surface area contributed by atoms with E-state index in [4.69, 9.17) is 5.73 Å². The van der Waals surface area contributed by atoms with Crippen molar-refractivity contribution in [1.82, 2.24) is 15.1 Å². The van der Waals surface area contributed by atoms with Crippen LogP contribution in [0.4, 0.5) is 8.78 Å². The summed E-state index contributed by atoms with van der Waals surface area (Å²) >= 11 is 0. The molecule has 0 aliphatic heterocycles. The van der Waals surface area contributed by atoms with Crippen molar-refractivity contribution in [2.45, 2.75) is 32.7 Å².